The number of aliphatic carboxylic acids is 1. The number of amides is 1. The van der Waals surface area contributed by atoms with Gasteiger partial charge in [0.1, 0.15) is 35.9 Å². The van der Waals surface area contributed by atoms with Crippen LogP contribution in [0.3, 0.4) is 0 Å². The van der Waals surface area contributed by atoms with Crippen molar-refractivity contribution in [1.82, 2.24) is 14.8 Å². The molecule has 1 aliphatic rings. The van der Waals surface area contributed by atoms with Crippen LogP contribution in [-0.2, 0) is 22.2 Å². The molecule has 1 atom stereocenters. The van der Waals surface area contributed by atoms with Gasteiger partial charge < -0.3 is 29.5 Å². The summed E-state index contributed by atoms with van der Waals surface area (Å²) in [6.45, 7) is 0.124. The molecule has 5 rings (SSSR count). The van der Waals surface area contributed by atoms with E-state index in [2.05, 4.69) is 15.4 Å². The summed E-state index contributed by atoms with van der Waals surface area (Å²) in [5.41, 5.74) is 0.926. The highest BCUT2D eigenvalue weighted by atomic mass is 35.5. The number of rotatable bonds is 12. The van der Waals surface area contributed by atoms with Crippen LogP contribution in [0.4, 0.5) is 24.5 Å². The van der Waals surface area contributed by atoms with Crippen molar-refractivity contribution >= 4 is 34.9 Å². The van der Waals surface area contributed by atoms with E-state index in [0.717, 1.165) is 13.2 Å². The van der Waals surface area contributed by atoms with Gasteiger partial charge in [-0.2, -0.15) is 18.3 Å². The summed E-state index contributed by atoms with van der Waals surface area (Å²) in [5.74, 6) is -1.26. The van der Waals surface area contributed by atoms with Crippen LogP contribution in [0.1, 0.15) is 35.6 Å². The number of halogens is 4. The zero-order valence-corrected chi connectivity index (χ0v) is 25.4. The average Bonchev–Trinajstić information content (AvgIpc) is 3.71. The number of anilines is 2. The third-order valence-corrected chi connectivity index (χ3v) is 7.55. The first-order valence-corrected chi connectivity index (χ1v) is 14.4. The number of nitrogens with zero attached hydrogens (tertiary/aromatic N) is 4. The van der Waals surface area contributed by atoms with Crippen LogP contribution < -0.4 is 24.4 Å². The topological polar surface area (TPSA) is 128 Å². The molecule has 0 spiro atoms. The van der Waals surface area contributed by atoms with Gasteiger partial charge in [-0.05, 0) is 48.7 Å². The number of carboxylic acid groups (broad SMARTS) is 1. The van der Waals surface area contributed by atoms with Gasteiger partial charge in [0.25, 0.3) is 5.91 Å². The Labute approximate surface area is 266 Å². The number of nitrogens with one attached hydrogen (secondary N) is 1. The summed E-state index contributed by atoms with van der Waals surface area (Å²) in [6, 6.07) is 10.7. The number of alkyl halides is 3. The summed E-state index contributed by atoms with van der Waals surface area (Å²) >= 11 is 6.28. The lowest BCUT2D eigenvalue weighted by Crippen LogP contribution is -2.37. The average molecular weight is 660 g/mol. The fourth-order valence-corrected chi connectivity index (χ4v) is 5.33. The minimum Gasteiger partial charge on any atom is -0.497 e. The largest absolute Gasteiger partial charge is 0.497 e. The maximum atomic E-state index is 14.5. The van der Waals surface area contributed by atoms with Crippen molar-refractivity contribution in [1.29, 1.82) is 0 Å². The first-order chi connectivity index (χ1) is 22.0. The molecule has 1 aliphatic heterocycles. The lowest BCUT2D eigenvalue weighted by atomic mass is 10.0. The molecule has 4 aromatic rings. The van der Waals surface area contributed by atoms with Crippen molar-refractivity contribution in [2.45, 2.75) is 31.5 Å². The number of methoxy groups -OCH3 is 2. The lowest BCUT2D eigenvalue weighted by molar-refractivity contribution is -0.139. The molecule has 1 unspecified atom stereocenters. The Hall–Kier alpha value is -4.98. The molecule has 0 saturated carbocycles. The Kier molecular flexibility index (Phi) is 9.56. The number of carbonyl (C=O) groups is 2. The summed E-state index contributed by atoms with van der Waals surface area (Å²) in [7, 11) is 2.64. The van der Waals surface area contributed by atoms with Crippen molar-refractivity contribution in [3.8, 4) is 22.9 Å². The van der Waals surface area contributed by atoms with E-state index in [9.17, 15) is 22.8 Å². The van der Waals surface area contributed by atoms with E-state index in [1.54, 1.807) is 30.3 Å². The fraction of sp³-hybridized carbons (Fsp3) is 0.290. The van der Waals surface area contributed by atoms with E-state index >= 15 is 0 Å². The number of benzene rings is 3. The Bertz CT molecular complexity index is 1730. The number of carbonyl (C=O) groups excluding carboxylic acids is 1. The second-order valence-electron chi connectivity index (χ2n) is 10.3. The zero-order valence-electron chi connectivity index (χ0n) is 24.7. The molecule has 0 bridgehead atoms. The van der Waals surface area contributed by atoms with Crippen LogP contribution in [0.2, 0.25) is 5.02 Å². The highest BCUT2D eigenvalue weighted by Crippen LogP contribution is 2.43. The van der Waals surface area contributed by atoms with E-state index in [-0.39, 0.29) is 43.2 Å². The van der Waals surface area contributed by atoms with Crippen LogP contribution in [0, 0.1) is 0 Å². The number of ether oxygens (including phenoxy) is 3. The molecule has 11 nitrogen and oxygen atoms in total. The van der Waals surface area contributed by atoms with Crippen LogP contribution in [0.15, 0.2) is 61.2 Å². The number of hydrogen-bond acceptors (Lipinski definition) is 8. The quantitative estimate of drug-likeness (QED) is 0.178. The van der Waals surface area contributed by atoms with E-state index in [1.807, 2.05) is 0 Å². The standard InChI is InChI=1S/C31H29ClF3N5O6/c1-44-22-13-20(12-21(14-22)40-17-36-16-37-40)38-29(23-6-5-19(32)11-26(23)46-9-3-4-28(41)42)30(43)39-8-7-18-10-27(45-2)24(15-25(18)39)31(33,34)35/h5-6,10-17,29,38H,3-4,7-9H2,1-2H3,(H,41,42). The predicted molar refractivity (Wildman–Crippen MR) is 162 cm³/mol. The van der Waals surface area contributed by atoms with E-state index in [0.29, 0.717) is 39.7 Å². The molecule has 0 radical (unpaired) electrons. The van der Waals surface area contributed by atoms with Gasteiger partial charge in [0.2, 0.25) is 0 Å². The molecular formula is C31H29ClF3N5O6. The summed E-state index contributed by atoms with van der Waals surface area (Å²) in [4.78, 5) is 30.8. The zero-order chi connectivity index (χ0) is 33.0. The Morgan fingerprint density at radius 2 is 1.89 bits per heavy atom. The first kappa shape index (κ1) is 32.4. The minimum atomic E-state index is -4.72. The molecule has 15 heteroatoms. The van der Waals surface area contributed by atoms with Gasteiger partial charge >= 0.3 is 12.1 Å². The number of aromatic nitrogens is 3. The molecule has 0 fully saturated rings. The third-order valence-electron chi connectivity index (χ3n) is 7.32. The maximum absolute atomic E-state index is 14.5. The van der Waals surface area contributed by atoms with Crippen LogP contribution in [-0.4, -0.2) is 59.1 Å². The highest BCUT2D eigenvalue weighted by molar-refractivity contribution is 6.30. The van der Waals surface area contributed by atoms with Gasteiger partial charge in [0, 0.05) is 47.1 Å². The molecule has 46 heavy (non-hydrogen) atoms. The lowest BCUT2D eigenvalue weighted by Gasteiger charge is -2.28. The van der Waals surface area contributed by atoms with E-state index in [1.165, 1.54) is 41.5 Å². The first-order valence-electron chi connectivity index (χ1n) is 14.0. The van der Waals surface area contributed by atoms with Gasteiger partial charge in [0.05, 0.1) is 32.1 Å². The monoisotopic (exact) mass is 659 g/mol. The Morgan fingerprint density at radius 3 is 2.57 bits per heavy atom. The Morgan fingerprint density at radius 1 is 1.09 bits per heavy atom. The molecule has 2 N–H and O–H groups in total. The van der Waals surface area contributed by atoms with Gasteiger partial charge in [0.15, 0.2) is 0 Å². The molecule has 1 amide bonds. The second-order valence-corrected chi connectivity index (χ2v) is 10.7. The summed E-state index contributed by atoms with van der Waals surface area (Å²) < 4.78 is 59.8. The van der Waals surface area contributed by atoms with Gasteiger partial charge in [-0.1, -0.05) is 17.7 Å². The van der Waals surface area contributed by atoms with Crippen LogP contribution in [0.5, 0.6) is 17.2 Å². The molecule has 242 valence electrons. The summed E-state index contributed by atoms with van der Waals surface area (Å²) in [6.07, 6.45) is -1.53. The van der Waals surface area contributed by atoms with Crippen molar-refractivity contribution in [3.05, 3.63) is 82.9 Å². The normalized spacial score (nSPS) is 13.2. The minimum absolute atomic E-state index is 0.0114. The van der Waals surface area contributed by atoms with E-state index in [4.69, 9.17) is 30.9 Å². The number of hydrogen-bond donors (Lipinski definition) is 2. The molecule has 0 saturated heterocycles. The van der Waals surface area contributed by atoms with Crippen molar-refractivity contribution < 1.29 is 42.1 Å². The smallest absolute Gasteiger partial charge is 0.420 e. The maximum Gasteiger partial charge on any atom is 0.420 e. The number of fused-ring (bicyclic) bond motifs is 1. The van der Waals surface area contributed by atoms with Crippen molar-refractivity contribution in [2.24, 2.45) is 0 Å². The second kappa shape index (κ2) is 13.6. The van der Waals surface area contributed by atoms with Gasteiger partial charge in [-0.25, -0.2) is 9.67 Å². The van der Waals surface area contributed by atoms with Crippen molar-refractivity contribution in [3.63, 3.8) is 0 Å². The highest BCUT2D eigenvalue weighted by Gasteiger charge is 2.39. The Balaban J connectivity index is 1.59. The SMILES string of the molecule is COc1cc(NC(C(=O)N2CCc3cc(OC)c(C(F)(F)F)cc32)c2ccc(Cl)cc2OCCCC(=O)O)cc(-n2cncn2)c1. The number of carboxylic acids is 1. The predicted octanol–water partition coefficient (Wildman–Crippen LogP) is 5.94. The molecule has 2 heterocycles. The van der Waals surface area contributed by atoms with E-state index < -0.39 is 29.7 Å². The van der Waals surface area contributed by atoms with Gasteiger partial charge in [-0.15, -0.1) is 0 Å². The van der Waals surface area contributed by atoms with Crippen LogP contribution in [0.25, 0.3) is 5.69 Å². The molecule has 1 aromatic heterocycles. The molecule has 0 aliphatic carbocycles. The molecular weight excluding hydrogens is 631 g/mol. The third kappa shape index (κ3) is 7.12. The summed E-state index contributed by atoms with van der Waals surface area (Å²) in [5, 5.41) is 16.7. The molecule has 3 aromatic carbocycles. The van der Waals surface area contributed by atoms with Crippen molar-refractivity contribution in [2.75, 3.05) is 37.6 Å². The van der Waals surface area contributed by atoms with Gasteiger partial charge in [-0.3, -0.25) is 9.59 Å². The van der Waals surface area contributed by atoms with Crippen LogP contribution >= 0.6 is 11.6 Å². The fourth-order valence-electron chi connectivity index (χ4n) is 5.16.